The van der Waals surface area contributed by atoms with Crippen LogP contribution in [0.15, 0.2) is 0 Å². The van der Waals surface area contributed by atoms with Crippen molar-refractivity contribution >= 4 is 0 Å². The molecule has 1 fully saturated rings. The van der Waals surface area contributed by atoms with Gasteiger partial charge in [0.2, 0.25) is 0 Å². The zero-order valence-electron chi connectivity index (χ0n) is 10.2. The highest BCUT2D eigenvalue weighted by Crippen LogP contribution is 2.31. The van der Waals surface area contributed by atoms with Crippen LogP contribution in [0.4, 0.5) is 0 Å². The molecule has 0 aromatic heterocycles. The van der Waals surface area contributed by atoms with Crippen LogP contribution in [-0.4, -0.2) is 17.8 Å². The molecule has 0 spiro atoms. The van der Waals surface area contributed by atoms with Crippen molar-refractivity contribution in [3.05, 3.63) is 0 Å². The Bertz CT molecular complexity index is 136. The summed E-state index contributed by atoms with van der Waals surface area (Å²) in [5.74, 6) is 2.42. The average Bonchev–Trinajstić information content (AvgIpc) is 2.04. The highest BCUT2D eigenvalue weighted by molar-refractivity contribution is 4.82. The molecular weight excluding hydrogens is 174 g/mol. The van der Waals surface area contributed by atoms with Gasteiger partial charge in [0, 0.05) is 12.6 Å². The van der Waals surface area contributed by atoms with E-state index in [2.05, 4.69) is 20.8 Å². The lowest BCUT2D eigenvalue weighted by molar-refractivity contribution is 0.199. The molecule has 0 bridgehead atoms. The van der Waals surface area contributed by atoms with E-state index in [1.807, 2.05) is 0 Å². The summed E-state index contributed by atoms with van der Waals surface area (Å²) in [5, 5.41) is 7.57. The van der Waals surface area contributed by atoms with E-state index in [1.54, 1.807) is 6.92 Å². The summed E-state index contributed by atoms with van der Waals surface area (Å²) >= 11 is 0. The standard InChI is InChI=1S/C10H21N.C2H6O/c1-7(2)9-5-4-8(3)6-10(9)11;1-2-3/h7-10H,4-6,11H2,1-3H3;3H,2H2,1H3. The number of aliphatic hydroxyl groups is 1. The average molecular weight is 201 g/mol. The number of rotatable bonds is 1. The number of aliphatic hydroxyl groups excluding tert-OH is 1. The molecule has 0 amide bonds. The SMILES string of the molecule is CC1CCC(C(C)C)C(N)C1.CCO. The smallest absolute Gasteiger partial charge is 0.0402 e. The molecule has 1 aliphatic rings. The monoisotopic (exact) mass is 201 g/mol. The van der Waals surface area contributed by atoms with Gasteiger partial charge in [-0.2, -0.15) is 0 Å². The first-order valence-electron chi connectivity index (χ1n) is 5.89. The van der Waals surface area contributed by atoms with Crippen molar-refractivity contribution < 1.29 is 5.11 Å². The van der Waals surface area contributed by atoms with Crippen molar-refractivity contribution in [2.24, 2.45) is 23.5 Å². The number of hydrogen-bond donors (Lipinski definition) is 2. The van der Waals surface area contributed by atoms with Crippen LogP contribution in [0.3, 0.4) is 0 Å². The molecule has 2 heteroatoms. The van der Waals surface area contributed by atoms with E-state index in [-0.39, 0.29) is 6.61 Å². The van der Waals surface area contributed by atoms with Gasteiger partial charge in [-0.05, 0) is 37.5 Å². The van der Waals surface area contributed by atoms with Crippen molar-refractivity contribution in [3.8, 4) is 0 Å². The predicted octanol–water partition coefficient (Wildman–Crippen LogP) is 2.40. The Labute approximate surface area is 88.9 Å². The minimum atomic E-state index is 0.250. The molecule has 1 saturated carbocycles. The molecule has 3 unspecified atom stereocenters. The Morgan fingerprint density at radius 2 is 1.86 bits per heavy atom. The fourth-order valence-electron chi connectivity index (χ4n) is 2.28. The molecule has 0 aromatic rings. The molecule has 0 radical (unpaired) electrons. The summed E-state index contributed by atoms with van der Waals surface area (Å²) in [5.41, 5.74) is 6.07. The zero-order valence-corrected chi connectivity index (χ0v) is 10.2. The third-order valence-corrected chi connectivity index (χ3v) is 3.07. The van der Waals surface area contributed by atoms with Crippen molar-refractivity contribution in [1.29, 1.82) is 0 Å². The van der Waals surface area contributed by atoms with Crippen molar-refractivity contribution in [1.82, 2.24) is 0 Å². The van der Waals surface area contributed by atoms with Gasteiger partial charge in [-0.25, -0.2) is 0 Å². The van der Waals surface area contributed by atoms with Gasteiger partial charge in [0.15, 0.2) is 0 Å². The lowest BCUT2D eigenvalue weighted by atomic mass is 9.74. The Kier molecular flexibility index (Phi) is 7.20. The number of nitrogens with two attached hydrogens (primary N) is 1. The summed E-state index contributed by atoms with van der Waals surface area (Å²) in [6, 6.07) is 0.471. The van der Waals surface area contributed by atoms with Gasteiger partial charge in [-0.3, -0.25) is 0 Å². The number of hydrogen-bond acceptors (Lipinski definition) is 2. The first-order valence-corrected chi connectivity index (χ1v) is 5.89. The van der Waals surface area contributed by atoms with Crippen LogP contribution >= 0.6 is 0 Å². The topological polar surface area (TPSA) is 46.2 Å². The quantitative estimate of drug-likeness (QED) is 0.684. The fraction of sp³-hybridized carbons (Fsp3) is 1.00. The lowest BCUT2D eigenvalue weighted by Crippen LogP contribution is -2.38. The van der Waals surface area contributed by atoms with Crippen molar-refractivity contribution in [2.45, 2.75) is 53.0 Å². The molecule has 1 aliphatic carbocycles. The Hall–Kier alpha value is -0.0800. The minimum absolute atomic E-state index is 0.250. The molecule has 0 aromatic carbocycles. The second kappa shape index (κ2) is 7.24. The van der Waals surface area contributed by atoms with Gasteiger partial charge in [-0.15, -0.1) is 0 Å². The zero-order chi connectivity index (χ0) is 11.1. The first kappa shape index (κ1) is 13.9. The second-order valence-electron chi connectivity index (χ2n) is 4.81. The van der Waals surface area contributed by atoms with Crippen LogP contribution in [0.5, 0.6) is 0 Å². The largest absolute Gasteiger partial charge is 0.397 e. The van der Waals surface area contributed by atoms with Crippen LogP contribution in [0.2, 0.25) is 0 Å². The molecule has 0 heterocycles. The van der Waals surface area contributed by atoms with Gasteiger partial charge in [-0.1, -0.05) is 27.2 Å². The molecule has 14 heavy (non-hydrogen) atoms. The van der Waals surface area contributed by atoms with Crippen molar-refractivity contribution in [2.75, 3.05) is 6.61 Å². The molecule has 0 saturated heterocycles. The summed E-state index contributed by atoms with van der Waals surface area (Å²) < 4.78 is 0. The van der Waals surface area contributed by atoms with Crippen LogP contribution in [-0.2, 0) is 0 Å². The maximum Gasteiger partial charge on any atom is 0.0402 e. The second-order valence-corrected chi connectivity index (χ2v) is 4.81. The summed E-state index contributed by atoms with van der Waals surface area (Å²) in [6.07, 6.45) is 3.97. The molecule has 3 N–H and O–H groups in total. The van der Waals surface area contributed by atoms with Gasteiger partial charge < -0.3 is 10.8 Å². The van der Waals surface area contributed by atoms with E-state index >= 15 is 0 Å². The van der Waals surface area contributed by atoms with E-state index in [4.69, 9.17) is 10.8 Å². The van der Waals surface area contributed by atoms with Crippen LogP contribution in [0.1, 0.15) is 47.0 Å². The summed E-state index contributed by atoms with van der Waals surface area (Å²) in [4.78, 5) is 0. The fourth-order valence-corrected chi connectivity index (χ4v) is 2.28. The summed E-state index contributed by atoms with van der Waals surface area (Å²) in [6.45, 7) is 8.83. The summed E-state index contributed by atoms with van der Waals surface area (Å²) in [7, 11) is 0. The molecule has 3 atom stereocenters. The lowest BCUT2D eigenvalue weighted by Gasteiger charge is -2.34. The Morgan fingerprint density at radius 3 is 2.21 bits per heavy atom. The molecule has 2 nitrogen and oxygen atoms in total. The van der Waals surface area contributed by atoms with E-state index in [9.17, 15) is 0 Å². The molecule has 1 rings (SSSR count). The van der Waals surface area contributed by atoms with Gasteiger partial charge in [0.05, 0.1) is 0 Å². The molecular formula is C12H27NO. The van der Waals surface area contributed by atoms with Crippen molar-refractivity contribution in [3.63, 3.8) is 0 Å². The normalized spacial score (nSPS) is 32.4. The Morgan fingerprint density at radius 1 is 1.36 bits per heavy atom. The van der Waals surface area contributed by atoms with Crippen LogP contribution in [0.25, 0.3) is 0 Å². The van der Waals surface area contributed by atoms with E-state index < -0.39 is 0 Å². The van der Waals surface area contributed by atoms with Crippen LogP contribution < -0.4 is 5.73 Å². The minimum Gasteiger partial charge on any atom is -0.397 e. The predicted molar refractivity (Wildman–Crippen MR) is 62.1 cm³/mol. The maximum atomic E-state index is 7.57. The Balaban J connectivity index is 0.000000500. The highest BCUT2D eigenvalue weighted by Gasteiger charge is 2.27. The molecule has 86 valence electrons. The van der Waals surface area contributed by atoms with E-state index in [0.29, 0.717) is 6.04 Å². The third kappa shape index (κ3) is 4.97. The van der Waals surface area contributed by atoms with Crippen LogP contribution in [0, 0.1) is 17.8 Å². The van der Waals surface area contributed by atoms with Gasteiger partial charge in [0.25, 0.3) is 0 Å². The third-order valence-electron chi connectivity index (χ3n) is 3.07. The highest BCUT2D eigenvalue weighted by atomic mass is 16.2. The van der Waals surface area contributed by atoms with Gasteiger partial charge >= 0.3 is 0 Å². The maximum absolute atomic E-state index is 7.57. The van der Waals surface area contributed by atoms with E-state index in [0.717, 1.165) is 17.8 Å². The van der Waals surface area contributed by atoms with Gasteiger partial charge in [0.1, 0.15) is 0 Å². The molecule has 0 aliphatic heterocycles. The van der Waals surface area contributed by atoms with E-state index in [1.165, 1.54) is 19.3 Å². The first-order chi connectivity index (χ1) is 6.52.